The summed E-state index contributed by atoms with van der Waals surface area (Å²) in [5.74, 6) is 0. The van der Waals surface area contributed by atoms with Crippen molar-refractivity contribution in [1.29, 1.82) is 0 Å². The van der Waals surface area contributed by atoms with Gasteiger partial charge in [0.2, 0.25) is 0 Å². The zero-order chi connectivity index (χ0) is 12.3. The van der Waals surface area contributed by atoms with Crippen LogP contribution in [0.3, 0.4) is 0 Å². The first-order chi connectivity index (χ1) is 8.16. The van der Waals surface area contributed by atoms with Crippen molar-refractivity contribution in [2.45, 2.75) is 25.9 Å². The first kappa shape index (κ1) is 12.6. The van der Waals surface area contributed by atoms with Gasteiger partial charge in [0, 0.05) is 12.1 Å². The van der Waals surface area contributed by atoms with Crippen LogP contribution in [0.4, 0.5) is 0 Å². The van der Waals surface area contributed by atoms with E-state index in [0.29, 0.717) is 12.1 Å². The fourth-order valence-corrected chi connectivity index (χ4v) is 2.84. The molecule has 0 aliphatic heterocycles. The fraction of sp³-hybridized carbons (Fsp3) is 0.286. The van der Waals surface area contributed by atoms with E-state index in [1.807, 2.05) is 12.1 Å². The summed E-state index contributed by atoms with van der Waals surface area (Å²) in [5, 5.41) is 5.68. The molecular formula is C14H16ClNS. The molecule has 1 N–H and O–H groups in total. The van der Waals surface area contributed by atoms with Gasteiger partial charge in [-0.25, -0.2) is 0 Å². The Morgan fingerprint density at radius 2 is 1.71 bits per heavy atom. The monoisotopic (exact) mass is 265 g/mol. The van der Waals surface area contributed by atoms with Gasteiger partial charge in [-0.05, 0) is 36.4 Å². The van der Waals surface area contributed by atoms with Crippen LogP contribution in [0.1, 0.15) is 37.1 Å². The number of benzene rings is 1. The summed E-state index contributed by atoms with van der Waals surface area (Å²) in [6, 6.07) is 13.1. The molecule has 2 unspecified atom stereocenters. The third-order valence-corrected chi connectivity index (χ3v) is 4.00. The van der Waals surface area contributed by atoms with Gasteiger partial charge in [-0.3, -0.25) is 0 Å². The van der Waals surface area contributed by atoms with E-state index >= 15 is 0 Å². The van der Waals surface area contributed by atoms with Crippen molar-refractivity contribution in [1.82, 2.24) is 5.32 Å². The van der Waals surface area contributed by atoms with Crippen molar-refractivity contribution in [2.24, 2.45) is 0 Å². The van der Waals surface area contributed by atoms with Crippen molar-refractivity contribution in [2.75, 3.05) is 0 Å². The van der Waals surface area contributed by atoms with Crippen LogP contribution in [-0.4, -0.2) is 0 Å². The van der Waals surface area contributed by atoms with Crippen LogP contribution in [0.25, 0.3) is 0 Å². The highest BCUT2D eigenvalue weighted by Crippen LogP contribution is 2.26. The standard InChI is InChI=1S/C14H16ClNS/c1-10(12-6-4-3-5-7-12)16-11(2)13-8-14(15)17-9-13/h3-11,16H,1-2H3. The molecule has 1 nitrogen and oxygen atoms in total. The minimum atomic E-state index is 0.314. The molecule has 90 valence electrons. The van der Waals surface area contributed by atoms with Gasteiger partial charge < -0.3 is 5.32 Å². The topological polar surface area (TPSA) is 12.0 Å². The van der Waals surface area contributed by atoms with Gasteiger partial charge in [-0.2, -0.15) is 0 Å². The van der Waals surface area contributed by atoms with Gasteiger partial charge in [-0.1, -0.05) is 41.9 Å². The average molecular weight is 266 g/mol. The zero-order valence-corrected chi connectivity index (χ0v) is 11.6. The molecule has 2 atom stereocenters. The second kappa shape index (κ2) is 5.67. The van der Waals surface area contributed by atoms with E-state index < -0.39 is 0 Å². The molecule has 0 radical (unpaired) electrons. The number of hydrogen-bond acceptors (Lipinski definition) is 2. The lowest BCUT2D eigenvalue weighted by atomic mass is 10.1. The van der Waals surface area contributed by atoms with E-state index in [1.54, 1.807) is 11.3 Å². The SMILES string of the molecule is CC(NC(C)c1csc(Cl)c1)c1ccccc1. The Balaban J connectivity index is 2.02. The molecule has 0 saturated carbocycles. The average Bonchev–Trinajstić information content (AvgIpc) is 2.77. The summed E-state index contributed by atoms with van der Waals surface area (Å²) < 4.78 is 0.848. The van der Waals surface area contributed by atoms with E-state index in [2.05, 4.69) is 48.8 Å². The van der Waals surface area contributed by atoms with E-state index in [-0.39, 0.29) is 0 Å². The van der Waals surface area contributed by atoms with Crippen molar-refractivity contribution >= 4 is 22.9 Å². The molecule has 2 rings (SSSR count). The normalized spacial score (nSPS) is 14.5. The quantitative estimate of drug-likeness (QED) is 0.836. The summed E-state index contributed by atoms with van der Waals surface area (Å²) in [5.41, 5.74) is 2.56. The van der Waals surface area contributed by atoms with Crippen LogP contribution in [0.2, 0.25) is 4.34 Å². The van der Waals surface area contributed by atoms with Crippen molar-refractivity contribution in [3.8, 4) is 0 Å². The van der Waals surface area contributed by atoms with Crippen LogP contribution in [0, 0.1) is 0 Å². The third-order valence-electron chi connectivity index (χ3n) is 2.89. The Morgan fingerprint density at radius 3 is 2.29 bits per heavy atom. The molecule has 0 saturated heterocycles. The summed E-state index contributed by atoms with van der Waals surface area (Å²) >= 11 is 7.53. The third kappa shape index (κ3) is 3.32. The number of hydrogen-bond donors (Lipinski definition) is 1. The molecule has 1 aromatic carbocycles. The maximum atomic E-state index is 5.95. The summed E-state index contributed by atoms with van der Waals surface area (Å²) in [7, 11) is 0. The van der Waals surface area contributed by atoms with Crippen molar-refractivity contribution in [3.05, 3.63) is 57.2 Å². The maximum Gasteiger partial charge on any atom is 0.0931 e. The molecule has 0 bridgehead atoms. The molecule has 0 amide bonds. The summed E-state index contributed by atoms with van der Waals surface area (Å²) in [6.45, 7) is 4.34. The van der Waals surface area contributed by atoms with Gasteiger partial charge in [-0.15, -0.1) is 11.3 Å². The Kier molecular flexibility index (Phi) is 4.21. The molecule has 1 aromatic heterocycles. The van der Waals surface area contributed by atoms with Gasteiger partial charge in [0.1, 0.15) is 0 Å². The van der Waals surface area contributed by atoms with Gasteiger partial charge >= 0.3 is 0 Å². The highest BCUT2D eigenvalue weighted by molar-refractivity contribution is 7.14. The number of rotatable bonds is 4. The summed E-state index contributed by atoms with van der Waals surface area (Å²) in [6.07, 6.45) is 0. The second-order valence-corrected chi connectivity index (χ2v) is 5.75. The zero-order valence-electron chi connectivity index (χ0n) is 9.98. The lowest BCUT2D eigenvalue weighted by molar-refractivity contribution is 0.495. The predicted octanol–water partition coefficient (Wildman–Crippen LogP) is 4.81. The van der Waals surface area contributed by atoms with Gasteiger partial charge in [0.15, 0.2) is 0 Å². The molecule has 0 spiro atoms. The van der Waals surface area contributed by atoms with Gasteiger partial charge in [0.25, 0.3) is 0 Å². The number of halogens is 1. The van der Waals surface area contributed by atoms with Gasteiger partial charge in [0.05, 0.1) is 4.34 Å². The highest BCUT2D eigenvalue weighted by Gasteiger charge is 2.11. The molecule has 3 heteroatoms. The minimum Gasteiger partial charge on any atom is -0.304 e. The molecule has 0 aliphatic rings. The van der Waals surface area contributed by atoms with E-state index in [4.69, 9.17) is 11.6 Å². The van der Waals surface area contributed by atoms with E-state index in [0.717, 1.165) is 4.34 Å². The largest absolute Gasteiger partial charge is 0.304 e. The lowest BCUT2D eigenvalue weighted by Gasteiger charge is -2.19. The minimum absolute atomic E-state index is 0.314. The molecule has 1 heterocycles. The van der Waals surface area contributed by atoms with Crippen molar-refractivity contribution < 1.29 is 0 Å². The number of thiophene rings is 1. The summed E-state index contributed by atoms with van der Waals surface area (Å²) in [4.78, 5) is 0. The molecule has 0 aliphatic carbocycles. The molecular weight excluding hydrogens is 250 g/mol. The first-order valence-electron chi connectivity index (χ1n) is 5.71. The smallest absolute Gasteiger partial charge is 0.0931 e. The Bertz CT molecular complexity index is 466. The van der Waals surface area contributed by atoms with Crippen LogP contribution >= 0.6 is 22.9 Å². The Labute approximate surface area is 111 Å². The predicted molar refractivity (Wildman–Crippen MR) is 75.7 cm³/mol. The molecule has 17 heavy (non-hydrogen) atoms. The second-order valence-electron chi connectivity index (χ2n) is 4.20. The van der Waals surface area contributed by atoms with Crippen molar-refractivity contribution in [3.63, 3.8) is 0 Å². The molecule has 2 aromatic rings. The van der Waals surface area contributed by atoms with Crippen LogP contribution < -0.4 is 5.32 Å². The lowest BCUT2D eigenvalue weighted by Crippen LogP contribution is -2.21. The Hall–Kier alpha value is -0.830. The van der Waals surface area contributed by atoms with E-state index in [9.17, 15) is 0 Å². The number of nitrogens with one attached hydrogen (secondary N) is 1. The van der Waals surface area contributed by atoms with Crippen LogP contribution in [-0.2, 0) is 0 Å². The molecule has 0 fully saturated rings. The van der Waals surface area contributed by atoms with Crippen LogP contribution in [0.15, 0.2) is 41.8 Å². The maximum absolute atomic E-state index is 5.95. The van der Waals surface area contributed by atoms with E-state index in [1.165, 1.54) is 11.1 Å². The van der Waals surface area contributed by atoms with Crippen LogP contribution in [0.5, 0.6) is 0 Å². The fourth-order valence-electron chi connectivity index (χ4n) is 1.86. The highest BCUT2D eigenvalue weighted by atomic mass is 35.5. The first-order valence-corrected chi connectivity index (χ1v) is 6.97. The Morgan fingerprint density at radius 1 is 1.06 bits per heavy atom.